The Labute approximate surface area is 384 Å². The monoisotopic (exact) mass is 869 g/mol. The minimum Gasteiger partial charge on any atom is -0.462 e. The molecule has 0 aliphatic heterocycles. The molecule has 0 spiro atoms. The van der Waals surface area contributed by atoms with Gasteiger partial charge in [-0.3, -0.25) is 14.4 Å². The fourth-order valence-corrected chi connectivity index (χ4v) is 7.49. The van der Waals surface area contributed by atoms with Crippen molar-refractivity contribution in [2.75, 3.05) is 13.2 Å². The van der Waals surface area contributed by atoms with Gasteiger partial charge in [0.1, 0.15) is 13.2 Å². The highest BCUT2D eigenvalue weighted by Crippen LogP contribution is 2.15. The molecule has 0 rings (SSSR count). The van der Waals surface area contributed by atoms with Crippen LogP contribution in [0.3, 0.4) is 0 Å². The molecule has 62 heavy (non-hydrogen) atoms. The first-order chi connectivity index (χ1) is 30.5. The van der Waals surface area contributed by atoms with Gasteiger partial charge in [0.05, 0.1) is 0 Å². The number of hydrogen-bond donors (Lipinski definition) is 0. The quantitative estimate of drug-likeness (QED) is 0.0262. The molecule has 0 bridgehead atoms. The second-order valence-corrected chi connectivity index (χ2v) is 17.8. The van der Waals surface area contributed by atoms with E-state index in [-0.39, 0.29) is 31.1 Å². The predicted molar refractivity (Wildman–Crippen MR) is 265 cm³/mol. The van der Waals surface area contributed by atoms with Gasteiger partial charge in [-0.25, -0.2) is 0 Å². The number of carbonyl (C=O) groups is 3. The zero-order chi connectivity index (χ0) is 45.1. The summed E-state index contributed by atoms with van der Waals surface area (Å²) < 4.78 is 16.7. The third-order valence-electron chi connectivity index (χ3n) is 11.6. The molecular weight excluding hydrogens is 769 g/mol. The molecule has 0 saturated carbocycles. The van der Waals surface area contributed by atoms with Crippen molar-refractivity contribution in [2.24, 2.45) is 0 Å². The van der Waals surface area contributed by atoms with Crippen molar-refractivity contribution >= 4 is 17.9 Å². The van der Waals surface area contributed by atoms with Crippen molar-refractivity contribution in [1.82, 2.24) is 0 Å². The molecule has 6 heteroatoms. The zero-order valence-electron chi connectivity index (χ0n) is 41.1. The van der Waals surface area contributed by atoms with E-state index < -0.39 is 6.10 Å². The maximum Gasteiger partial charge on any atom is 0.306 e. The minimum atomic E-state index is -0.772. The molecule has 0 amide bonds. The van der Waals surface area contributed by atoms with E-state index >= 15 is 0 Å². The summed E-state index contributed by atoms with van der Waals surface area (Å²) in [6, 6.07) is 0. The number of hydrogen-bond acceptors (Lipinski definition) is 6. The van der Waals surface area contributed by atoms with Crippen LogP contribution >= 0.6 is 0 Å². The lowest BCUT2D eigenvalue weighted by Gasteiger charge is -2.18. The van der Waals surface area contributed by atoms with Gasteiger partial charge >= 0.3 is 17.9 Å². The van der Waals surface area contributed by atoms with Crippen LogP contribution in [0, 0.1) is 0 Å². The molecule has 0 heterocycles. The maximum absolute atomic E-state index is 12.7. The molecule has 0 radical (unpaired) electrons. The van der Waals surface area contributed by atoms with Crippen LogP contribution in [0.25, 0.3) is 0 Å². The van der Waals surface area contributed by atoms with E-state index in [0.717, 1.165) is 83.5 Å². The van der Waals surface area contributed by atoms with Gasteiger partial charge in [-0.2, -0.15) is 0 Å². The summed E-state index contributed by atoms with van der Waals surface area (Å²) in [7, 11) is 0. The van der Waals surface area contributed by atoms with Crippen LogP contribution in [0.4, 0.5) is 0 Å². The summed E-state index contributed by atoms with van der Waals surface area (Å²) in [5.74, 6) is -0.893. The van der Waals surface area contributed by atoms with E-state index in [0.29, 0.717) is 19.3 Å². The minimum absolute atomic E-state index is 0.0760. The van der Waals surface area contributed by atoms with E-state index in [1.54, 1.807) is 0 Å². The van der Waals surface area contributed by atoms with Crippen molar-refractivity contribution in [2.45, 2.75) is 277 Å². The van der Waals surface area contributed by atoms with E-state index in [9.17, 15) is 14.4 Å². The van der Waals surface area contributed by atoms with E-state index in [2.05, 4.69) is 69.4 Å². The average molecular weight is 869 g/mol. The lowest BCUT2D eigenvalue weighted by Crippen LogP contribution is -2.30. The van der Waals surface area contributed by atoms with Crippen LogP contribution in [0.15, 0.2) is 48.6 Å². The number of rotatable bonds is 48. The summed E-state index contributed by atoms with van der Waals surface area (Å²) in [6.07, 6.45) is 61.4. The highest BCUT2D eigenvalue weighted by atomic mass is 16.6. The number of ether oxygens (including phenoxy) is 3. The van der Waals surface area contributed by atoms with Gasteiger partial charge in [-0.15, -0.1) is 0 Å². The van der Waals surface area contributed by atoms with Crippen molar-refractivity contribution in [3.8, 4) is 0 Å². The molecule has 0 saturated heterocycles. The van der Waals surface area contributed by atoms with E-state index in [4.69, 9.17) is 14.2 Å². The predicted octanol–water partition coefficient (Wildman–Crippen LogP) is 17.5. The zero-order valence-corrected chi connectivity index (χ0v) is 41.1. The summed E-state index contributed by atoms with van der Waals surface area (Å²) in [4.78, 5) is 37.7. The highest BCUT2D eigenvalue weighted by molar-refractivity contribution is 5.71. The van der Waals surface area contributed by atoms with Crippen LogP contribution in [-0.2, 0) is 28.6 Å². The van der Waals surface area contributed by atoms with Crippen molar-refractivity contribution in [3.05, 3.63) is 48.6 Å². The van der Waals surface area contributed by atoms with Gasteiger partial charge in [-0.05, 0) is 77.0 Å². The number of esters is 3. The first kappa shape index (κ1) is 59.4. The lowest BCUT2D eigenvalue weighted by molar-refractivity contribution is -0.167. The lowest BCUT2D eigenvalue weighted by atomic mass is 10.0. The normalized spacial score (nSPS) is 12.4. The van der Waals surface area contributed by atoms with Crippen LogP contribution in [0.5, 0.6) is 0 Å². The molecule has 0 N–H and O–H groups in total. The summed E-state index contributed by atoms with van der Waals surface area (Å²) in [5.41, 5.74) is 0. The molecule has 0 aromatic heterocycles. The molecule has 6 nitrogen and oxygen atoms in total. The van der Waals surface area contributed by atoms with Gasteiger partial charge in [0.15, 0.2) is 6.10 Å². The number of unbranched alkanes of at least 4 members (excludes halogenated alkanes) is 29. The smallest absolute Gasteiger partial charge is 0.306 e. The van der Waals surface area contributed by atoms with E-state index in [1.807, 2.05) is 0 Å². The maximum atomic E-state index is 12.7. The largest absolute Gasteiger partial charge is 0.462 e. The van der Waals surface area contributed by atoms with E-state index in [1.165, 1.54) is 148 Å². The van der Waals surface area contributed by atoms with Crippen molar-refractivity contribution < 1.29 is 28.6 Å². The SMILES string of the molecule is CCCC/C=C\CCCCCCCC(=O)OC(COC(=O)CCCCCCCC)COC(=O)CCCCCCCCCCCCCC/C=C\C/C=C\C/C=C\CCCCCCC. The highest BCUT2D eigenvalue weighted by Gasteiger charge is 2.19. The Bertz CT molecular complexity index is 1090. The van der Waals surface area contributed by atoms with Crippen LogP contribution in [0.1, 0.15) is 271 Å². The second kappa shape index (κ2) is 51.0. The van der Waals surface area contributed by atoms with Crippen LogP contribution in [0.2, 0.25) is 0 Å². The Morgan fingerprint density at radius 3 is 0.968 bits per heavy atom. The Morgan fingerprint density at radius 1 is 0.323 bits per heavy atom. The Hall–Kier alpha value is -2.63. The fraction of sp³-hybridized carbons (Fsp3) is 0.804. The molecule has 1 unspecified atom stereocenters. The van der Waals surface area contributed by atoms with Gasteiger partial charge < -0.3 is 14.2 Å². The van der Waals surface area contributed by atoms with Crippen molar-refractivity contribution in [3.63, 3.8) is 0 Å². The number of allylic oxidation sites excluding steroid dienone is 8. The van der Waals surface area contributed by atoms with Gasteiger partial charge in [0.2, 0.25) is 0 Å². The fourth-order valence-electron chi connectivity index (χ4n) is 7.49. The van der Waals surface area contributed by atoms with Gasteiger partial charge in [-0.1, -0.05) is 223 Å². The molecule has 0 aliphatic carbocycles. The summed E-state index contributed by atoms with van der Waals surface area (Å²) >= 11 is 0. The molecule has 0 aromatic rings. The third-order valence-corrected chi connectivity index (χ3v) is 11.6. The Morgan fingerprint density at radius 2 is 0.597 bits per heavy atom. The van der Waals surface area contributed by atoms with Gasteiger partial charge in [0.25, 0.3) is 0 Å². The second-order valence-electron chi connectivity index (χ2n) is 17.8. The van der Waals surface area contributed by atoms with Crippen molar-refractivity contribution in [1.29, 1.82) is 0 Å². The molecular formula is C56H100O6. The summed E-state index contributed by atoms with van der Waals surface area (Å²) in [5, 5.41) is 0. The summed E-state index contributed by atoms with van der Waals surface area (Å²) in [6.45, 7) is 6.53. The third kappa shape index (κ3) is 48.4. The number of carbonyl (C=O) groups excluding carboxylic acids is 3. The van der Waals surface area contributed by atoms with Crippen LogP contribution < -0.4 is 0 Å². The average Bonchev–Trinajstić information content (AvgIpc) is 3.27. The Kier molecular flexibility index (Phi) is 48.8. The van der Waals surface area contributed by atoms with Gasteiger partial charge in [0, 0.05) is 19.3 Å². The molecule has 360 valence electrons. The Balaban J connectivity index is 4.04. The molecule has 0 aromatic carbocycles. The standard InChI is InChI=1S/C56H100O6/c1-4-7-10-13-16-18-20-21-22-23-24-25-26-27-28-29-30-31-32-33-34-35-37-38-40-43-46-49-55(58)61-52-53(51-60-54(57)48-45-42-15-12-9-6-3)62-56(59)50-47-44-41-39-36-19-17-14-11-8-5-2/h14,17,20-21,23-24,26-27,53H,4-13,15-16,18-19,22,25,28-52H2,1-3H3/b17-14-,21-20-,24-23-,27-26-. The first-order valence-corrected chi connectivity index (χ1v) is 26.6. The van der Waals surface area contributed by atoms with Crippen LogP contribution in [-0.4, -0.2) is 37.2 Å². The molecule has 1 atom stereocenters. The topological polar surface area (TPSA) is 78.9 Å². The molecule has 0 fully saturated rings. The first-order valence-electron chi connectivity index (χ1n) is 26.6. The molecule has 0 aliphatic rings.